The molecular weight excluding hydrogens is 190 g/mol. The van der Waals surface area contributed by atoms with E-state index in [1.54, 1.807) is 12.1 Å². The van der Waals surface area contributed by atoms with E-state index in [-0.39, 0.29) is 6.10 Å². The molecule has 1 aliphatic rings. The molecule has 15 heavy (non-hydrogen) atoms. The first-order chi connectivity index (χ1) is 7.38. The normalized spacial score (nSPS) is 19.8. The third-order valence-corrected chi connectivity index (χ3v) is 2.44. The Hall–Kier alpha value is -1.53. The van der Waals surface area contributed by atoms with Crippen LogP contribution in [-0.4, -0.2) is 19.3 Å². The van der Waals surface area contributed by atoms with Gasteiger partial charge in [-0.25, -0.2) is 0 Å². The minimum absolute atomic E-state index is 0.237. The van der Waals surface area contributed by atoms with E-state index in [0.29, 0.717) is 12.2 Å². The van der Waals surface area contributed by atoms with E-state index in [0.717, 1.165) is 25.2 Å². The number of hydrogen-bond acceptors (Lipinski definition) is 3. The van der Waals surface area contributed by atoms with Crippen LogP contribution >= 0.6 is 0 Å². The smallest absolute Gasteiger partial charge is 0.119 e. The summed E-state index contributed by atoms with van der Waals surface area (Å²) in [6, 6.07) is 9.21. The van der Waals surface area contributed by atoms with E-state index < -0.39 is 0 Å². The van der Waals surface area contributed by atoms with Crippen molar-refractivity contribution in [3.8, 4) is 11.8 Å². The Morgan fingerprint density at radius 1 is 1.40 bits per heavy atom. The van der Waals surface area contributed by atoms with Crippen LogP contribution in [0.3, 0.4) is 0 Å². The van der Waals surface area contributed by atoms with E-state index >= 15 is 0 Å². The summed E-state index contributed by atoms with van der Waals surface area (Å²) in [4.78, 5) is 0. The zero-order chi connectivity index (χ0) is 10.5. The molecule has 0 unspecified atom stereocenters. The van der Waals surface area contributed by atoms with Gasteiger partial charge in [0.15, 0.2) is 0 Å². The Labute approximate surface area is 89.2 Å². The highest BCUT2D eigenvalue weighted by atomic mass is 16.5. The highest BCUT2D eigenvalue weighted by Gasteiger charge is 2.15. The van der Waals surface area contributed by atoms with Gasteiger partial charge in [-0.05, 0) is 37.1 Å². The standard InChI is InChI=1S/C12H13NO2/c13-8-10-3-5-11(6-4-10)15-9-12-2-1-7-14-12/h3-6,12H,1-2,7,9H2/t12-/m1/s1. The maximum Gasteiger partial charge on any atom is 0.119 e. The predicted octanol–water partition coefficient (Wildman–Crippen LogP) is 2.12. The average Bonchev–Trinajstić information content (AvgIpc) is 2.80. The van der Waals surface area contributed by atoms with Crippen LogP contribution in [0, 0.1) is 11.3 Å². The first-order valence-electron chi connectivity index (χ1n) is 5.13. The lowest BCUT2D eigenvalue weighted by Crippen LogP contribution is -2.16. The fraction of sp³-hybridized carbons (Fsp3) is 0.417. The molecular formula is C12H13NO2. The van der Waals surface area contributed by atoms with Crippen LogP contribution in [0.5, 0.6) is 5.75 Å². The summed E-state index contributed by atoms with van der Waals surface area (Å²) in [5.74, 6) is 0.796. The van der Waals surface area contributed by atoms with Crippen LogP contribution in [0.15, 0.2) is 24.3 Å². The molecule has 3 heteroatoms. The molecule has 2 rings (SSSR count). The molecule has 0 radical (unpaired) electrons. The number of hydrogen-bond donors (Lipinski definition) is 0. The van der Waals surface area contributed by atoms with Crippen LogP contribution in [0.25, 0.3) is 0 Å². The SMILES string of the molecule is N#Cc1ccc(OC[C@H]2CCCO2)cc1. The van der Waals surface area contributed by atoms with Gasteiger partial charge in [0.05, 0.1) is 17.7 Å². The quantitative estimate of drug-likeness (QED) is 0.755. The van der Waals surface area contributed by atoms with Gasteiger partial charge in [0.25, 0.3) is 0 Å². The van der Waals surface area contributed by atoms with Gasteiger partial charge in [-0.2, -0.15) is 5.26 Å². The van der Waals surface area contributed by atoms with Crippen molar-refractivity contribution < 1.29 is 9.47 Å². The number of nitrogens with zero attached hydrogens (tertiary/aromatic N) is 1. The van der Waals surface area contributed by atoms with Crippen molar-refractivity contribution >= 4 is 0 Å². The maximum absolute atomic E-state index is 8.62. The highest BCUT2D eigenvalue weighted by Crippen LogP contribution is 2.16. The summed E-state index contributed by atoms with van der Waals surface area (Å²) in [6.07, 6.45) is 2.44. The first kappa shape index (κ1) is 10.0. The van der Waals surface area contributed by atoms with Gasteiger partial charge in [0.2, 0.25) is 0 Å². The molecule has 78 valence electrons. The lowest BCUT2D eigenvalue weighted by atomic mass is 10.2. The number of nitriles is 1. The van der Waals surface area contributed by atoms with Crippen molar-refractivity contribution in [2.24, 2.45) is 0 Å². The van der Waals surface area contributed by atoms with Crippen LogP contribution in [0.1, 0.15) is 18.4 Å². The van der Waals surface area contributed by atoms with Crippen molar-refractivity contribution in [1.29, 1.82) is 5.26 Å². The number of benzene rings is 1. The molecule has 0 bridgehead atoms. The fourth-order valence-corrected chi connectivity index (χ4v) is 1.59. The Balaban J connectivity index is 1.85. The van der Waals surface area contributed by atoms with Crippen molar-refractivity contribution in [2.75, 3.05) is 13.2 Å². The second kappa shape index (κ2) is 4.81. The largest absolute Gasteiger partial charge is 0.491 e. The molecule has 1 fully saturated rings. The van der Waals surface area contributed by atoms with Crippen LogP contribution < -0.4 is 4.74 Å². The monoisotopic (exact) mass is 203 g/mol. The van der Waals surface area contributed by atoms with Crippen molar-refractivity contribution in [2.45, 2.75) is 18.9 Å². The molecule has 1 aromatic rings. The van der Waals surface area contributed by atoms with Gasteiger partial charge in [-0.15, -0.1) is 0 Å². The van der Waals surface area contributed by atoms with Gasteiger partial charge < -0.3 is 9.47 Å². The van der Waals surface area contributed by atoms with Gasteiger partial charge in [-0.1, -0.05) is 0 Å². The van der Waals surface area contributed by atoms with Crippen molar-refractivity contribution in [3.63, 3.8) is 0 Å². The van der Waals surface area contributed by atoms with Crippen LogP contribution in [-0.2, 0) is 4.74 Å². The number of rotatable bonds is 3. The predicted molar refractivity (Wildman–Crippen MR) is 55.6 cm³/mol. The molecule has 3 nitrogen and oxygen atoms in total. The summed E-state index contributed by atoms with van der Waals surface area (Å²) in [5, 5.41) is 8.62. The van der Waals surface area contributed by atoms with Crippen molar-refractivity contribution in [1.82, 2.24) is 0 Å². The van der Waals surface area contributed by atoms with E-state index in [1.807, 2.05) is 12.1 Å². The molecule has 1 saturated heterocycles. The Kier molecular flexibility index (Phi) is 3.21. The molecule has 0 aromatic heterocycles. The molecule has 1 aliphatic heterocycles. The third-order valence-electron chi connectivity index (χ3n) is 2.44. The van der Waals surface area contributed by atoms with E-state index in [2.05, 4.69) is 6.07 Å². The Bertz CT molecular complexity index is 347. The first-order valence-corrected chi connectivity index (χ1v) is 5.13. The maximum atomic E-state index is 8.62. The minimum Gasteiger partial charge on any atom is -0.491 e. The molecule has 0 spiro atoms. The zero-order valence-electron chi connectivity index (χ0n) is 8.48. The van der Waals surface area contributed by atoms with Gasteiger partial charge in [-0.3, -0.25) is 0 Å². The van der Waals surface area contributed by atoms with E-state index in [9.17, 15) is 0 Å². The molecule has 0 N–H and O–H groups in total. The molecule has 0 amide bonds. The summed E-state index contributed by atoms with van der Waals surface area (Å²) in [7, 11) is 0. The van der Waals surface area contributed by atoms with Gasteiger partial charge in [0, 0.05) is 6.61 Å². The molecule has 1 aromatic carbocycles. The molecule has 0 saturated carbocycles. The lowest BCUT2D eigenvalue weighted by Gasteiger charge is -2.11. The number of ether oxygens (including phenoxy) is 2. The fourth-order valence-electron chi connectivity index (χ4n) is 1.59. The van der Waals surface area contributed by atoms with Gasteiger partial charge >= 0.3 is 0 Å². The second-order valence-corrected chi connectivity index (χ2v) is 3.58. The summed E-state index contributed by atoms with van der Waals surface area (Å²) in [5.41, 5.74) is 0.652. The molecule has 1 atom stereocenters. The highest BCUT2D eigenvalue weighted by molar-refractivity contribution is 5.34. The zero-order valence-corrected chi connectivity index (χ0v) is 8.48. The average molecular weight is 203 g/mol. The van der Waals surface area contributed by atoms with Crippen LogP contribution in [0.2, 0.25) is 0 Å². The summed E-state index contributed by atoms with van der Waals surface area (Å²) in [6.45, 7) is 1.45. The topological polar surface area (TPSA) is 42.2 Å². The van der Waals surface area contributed by atoms with E-state index in [4.69, 9.17) is 14.7 Å². The van der Waals surface area contributed by atoms with E-state index in [1.165, 1.54) is 0 Å². The Morgan fingerprint density at radius 2 is 2.20 bits per heavy atom. The summed E-state index contributed by atoms with van der Waals surface area (Å²) < 4.78 is 11.0. The summed E-state index contributed by atoms with van der Waals surface area (Å²) >= 11 is 0. The Morgan fingerprint density at radius 3 is 2.80 bits per heavy atom. The molecule has 1 heterocycles. The minimum atomic E-state index is 0.237. The van der Waals surface area contributed by atoms with Crippen LogP contribution in [0.4, 0.5) is 0 Å². The molecule has 0 aliphatic carbocycles. The third kappa shape index (κ3) is 2.71. The van der Waals surface area contributed by atoms with Gasteiger partial charge in [0.1, 0.15) is 12.4 Å². The lowest BCUT2D eigenvalue weighted by molar-refractivity contribution is 0.0679. The van der Waals surface area contributed by atoms with Crippen molar-refractivity contribution in [3.05, 3.63) is 29.8 Å². The second-order valence-electron chi connectivity index (χ2n) is 3.58.